The van der Waals surface area contributed by atoms with Gasteiger partial charge in [0.05, 0.1) is 23.9 Å². The van der Waals surface area contributed by atoms with Crippen LogP contribution in [0.15, 0.2) is 17.3 Å². The lowest BCUT2D eigenvalue weighted by molar-refractivity contribution is -0.0948. The number of aliphatic hydroxyl groups excluding tert-OH is 2. The predicted molar refractivity (Wildman–Crippen MR) is 76.5 cm³/mol. The summed E-state index contributed by atoms with van der Waals surface area (Å²) in [5.74, 6) is -0.843. The van der Waals surface area contributed by atoms with E-state index in [1.807, 2.05) is 0 Å². The monoisotopic (exact) mass is 324 g/mol. The third-order valence-corrected chi connectivity index (χ3v) is 4.07. The smallest absolute Gasteiger partial charge is 0.261 e. The summed E-state index contributed by atoms with van der Waals surface area (Å²) < 4.78 is 6.73. The number of nitrogens with one attached hydrogen (secondary N) is 1. The van der Waals surface area contributed by atoms with Gasteiger partial charge in [0.1, 0.15) is 23.5 Å². The van der Waals surface area contributed by atoms with E-state index >= 15 is 0 Å². The van der Waals surface area contributed by atoms with Crippen molar-refractivity contribution in [2.24, 2.45) is 5.73 Å². The van der Waals surface area contributed by atoms with Gasteiger partial charge in [0.2, 0.25) is 0 Å². The second kappa shape index (κ2) is 5.13. The second-order valence-corrected chi connectivity index (χ2v) is 5.62. The fourth-order valence-electron chi connectivity index (χ4n) is 2.85. The lowest BCUT2D eigenvalue weighted by Gasteiger charge is -2.27. The van der Waals surface area contributed by atoms with E-state index in [1.54, 1.807) is 0 Å². The first-order valence-electron chi connectivity index (χ1n) is 6.83. The van der Waals surface area contributed by atoms with Crippen LogP contribution in [0.25, 0.3) is 11.0 Å². The summed E-state index contributed by atoms with van der Waals surface area (Å²) in [5.41, 5.74) is 2.92. The fraction of sp³-hybridized carbons (Fsp3) is 0.462. The number of ether oxygens (including phenoxy) is 1. The molecular weight excluding hydrogens is 308 g/mol. The van der Waals surface area contributed by atoms with Crippen LogP contribution >= 0.6 is 0 Å². The van der Waals surface area contributed by atoms with Crippen molar-refractivity contribution >= 4 is 16.9 Å². The van der Waals surface area contributed by atoms with Crippen LogP contribution in [-0.4, -0.2) is 60.2 Å². The van der Waals surface area contributed by atoms with Crippen molar-refractivity contribution in [3.8, 4) is 0 Å². The third-order valence-electron chi connectivity index (χ3n) is 4.07. The van der Waals surface area contributed by atoms with Gasteiger partial charge in [0.25, 0.3) is 11.5 Å². The van der Waals surface area contributed by atoms with Crippen molar-refractivity contribution < 1.29 is 24.9 Å². The molecule has 0 aromatic carbocycles. The number of aliphatic hydroxyl groups is 3. The Morgan fingerprint density at radius 1 is 1.61 bits per heavy atom. The molecule has 3 heterocycles. The SMILES string of the molecule is C[C@@]1(O)[C@H](O)[C@@H](CO)O[C@H]1n1cc(C(N)=O)c2c(=O)[nH]cnc21. The first kappa shape index (κ1) is 15.6. The zero-order chi connectivity index (χ0) is 16.9. The molecule has 0 unspecified atom stereocenters. The Bertz CT molecular complexity index is 825. The molecule has 0 saturated carbocycles. The number of amides is 1. The van der Waals surface area contributed by atoms with Crippen molar-refractivity contribution in [2.45, 2.75) is 31.0 Å². The number of nitrogens with two attached hydrogens (primary N) is 1. The maximum absolute atomic E-state index is 12.0. The van der Waals surface area contributed by atoms with E-state index < -0.39 is 42.1 Å². The molecule has 0 spiro atoms. The molecular formula is C13H16N4O6. The lowest BCUT2D eigenvalue weighted by Crippen LogP contribution is -2.44. The molecule has 0 aliphatic carbocycles. The van der Waals surface area contributed by atoms with Crippen LogP contribution in [0.2, 0.25) is 0 Å². The van der Waals surface area contributed by atoms with Gasteiger partial charge in [0, 0.05) is 6.20 Å². The van der Waals surface area contributed by atoms with Crippen molar-refractivity contribution in [3.05, 3.63) is 28.4 Å². The summed E-state index contributed by atoms with van der Waals surface area (Å²) in [6, 6.07) is 0. The first-order valence-corrected chi connectivity index (χ1v) is 6.83. The van der Waals surface area contributed by atoms with Gasteiger partial charge in [-0.05, 0) is 6.92 Å². The maximum Gasteiger partial charge on any atom is 0.261 e. The maximum atomic E-state index is 12.0. The van der Waals surface area contributed by atoms with Gasteiger partial charge in [-0.3, -0.25) is 9.59 Å². The summed E-state index contributed by atoms with van der Waals surface area (Å²) in [6.07, 6.45) is -1.18. The third kappa shape index (κ3) is 2.15. The molecule has 1 aliphatic rings. The van der Waals surface area contributed by atoms with E-state index in [2.05, 4.69) is 9.97 Å². The van der Waals surface area contributed by atoms with Gasteiger partial charge in [-0.1, -0.05) is 0 Å². The van der Waals surface area contributed by atoms with E-state index in [-0.39, 0.29) is 16.6 Å². The van der Waals surface area contributed by atoms with Gasteiger partial charge in [0.15, 0.2) is 6.23 Å². The predicted octanol–water partition coefficient (Wildman–Crippen LogP) is -2.17. The number of aromatic amines is 1. The second-order valence-electron chi connectivity index (χ2n) is 5.62. The van der Waals surface area contributed by atoms with E-state index in [1.165, 1.54) is 17.7 Å². The van der Waals surface area contributed by atoms with Crippen molar-refractivity contribution in [2.75, 3.05) is 6.61 Å². The summed E-state index contributed by atoms with van der Waals surface area (Å²) in [7, 11) is 0. The van der Waals surface area contributed by atoms with E-state index in [0.29, 0.717) is 0 Å². The molecule has 0 bridgehead atoms. The highest BCUT2D eigenvalue weighted by Gasteiger charge is 2.53. The first-order chi connectivity index (χ1) is 10.8. The molecule has 1 aliphatic heterocycles. The minimum atomic E-state index is -1.78. The molecule has 0 radical (unpaired) electrons. The molecule has 23 heavy (non-hydrogen) atoms. The minimum Gasteiger partial charge on any atom is -0.394 e. The summed E-state index contributed by atoms with van der Waals surface area (Å²) in [4.78, 5) is 29.9. The molecule has 10 heteroatoms. The molecule has 3 rings (SSSR count). The van der Waals surface area contributed by atoms with Crippen molar-refractivity contribution in [3.63, 3.8) is 0 Å². The molecule has 1 amide bonds. The number of primary amides is 1. The highest BCUT2D eigenvalue weighted by molar-refractivity contribution is 6.05. The van der Waals surface area contributed by atoms with Crippen LogP contribution in [0, 0.1) is 0 Å². The van der Waals surface area contributed by atoms with Gasteiger partial charge in [-0.2, -0.15) is 0 Å². The number of hydrogen-bond acceptors (Lipinski definition) is 7. The molecule has 4 atom stereocenters. The van der Waals surface area contributed by atoms with Crippen LogP contribution in [-0.2, 0) is 4.74 Å². The average Bonchev–Trinajstić information content (AvgIpc) is 2.97. The van der Waals surface area contributed by atoms with Gasteiger partial charge in [-0.25, -0.2) is 4.98 Å². The van der Waals surface area contributed by atoms with Gasteiger partial charge < -0.3 is 35.3 Å². The van der Waals surface area contributed by atoms with Crippen LogP contribution in [0.4, 0.5) is 0 Å². The molecule has 124 valence electrons. The number of carbonyl (C=O) groups excluding carboxylic acids is 1. The van der Waals surface area contributed by atoms with Crippen LogP contribution in [0.1, 0.15) is 23.5 Å². The van der Waals surface area contributed by atoms with Crippen molar-refractivity contribution in [1.82, 2.24) is 14.5 Å². The normalized spacial score (nSPS) is 30.9. The largest absolute Gasteiger partial charge is 0.394 e. The molecule has 2 aromatic rings. The van der Waals surface area contributed by atoms with E-state index in [4.69, 9.17) is 10.5 Å². The highest BCUT2D eigenvalue weighted by atomic mass is 16.6. The topological polar surface area (TPSA) is 164 Å². The Labute approximate surface area is 129 Å². The molecule has 1 fully saturated rings. The Balaban J connectivity index is 2.24. The Morgan fingerprint density at radius 2 is 2.30 bits per heavy atom. The molecule has 6 N–H and O–H groups in total. The van der Waals surface area contributed by atoms with Crippen molar-refractivity contribution in [1.29, 1.82) is 0 Å². The average molecular weight is 324 g/mol. The van der Waals surface area contributed by atoms with Crippen LogP contribution < -0.4 is 11.3 Å². The van der Waals surface area contributed by atoms with Gasteiger partial charge >= 0.3 is 0 Å². The summed E-state index contributed by atoms with van der Waals surface area (Å²) >= 11 is 0. The summed E-state index contributed by atoms with van der Waals surface area (Å²) in [5, 5.41) is 29.8. The molecule has 1 saturated heterocycles. The molecule has 2 aromatic heterocycles. The number of rotatable bonds is 3. The zero-order valence-corrected chi connectivity index (χ0v) is 12.1. The number of H-pyrrole nitrogens is 1. The van der Waals surface area contributed by atoms with Crippen LogP contribution in [0.3, 0.4) is 0 Å². The zero-order valence-electron chi connectivity index (χ0n) is 12.1. The number of fused-ring (bicyclic) bond motifs is 1. The Kier molecular flexibility index (Phi) is 3.48. The van der Waals surface area contributed by atoms with E-state index in [0.717, 1.165) is 6.33 Å². The van der Waals surface area contributed by atoms with Crippen LogP contribution in [0.5, 0.6) is 0 Å². The Hall–Kier alpha value is -2.27. The highest BCUT2D eigenvalue weighted by Crippen LogP contribution is 2.39. The lowest BCUT2D eigenvalue weighted by atomic mass is 9.96. The minimum absolute atomic E-state index is 0.0404. The number of carbonyl (C=O) groups is 1. The quantitative estimate of drug-likeness (QED) is 0.428. The van der Waals surface area contributed by atoms with Gasteiger partial charge in [-0.15, -0.1) is 0 Å². The fourth-order valence-corrected chi connectivity index (χ4v) is 2.85. The summed E-state index contributed by atoms with van der Waals surface area (Å²) in [6.45, 7) is 0.810. The number of nitrogens with zero attached hydrogens (tertiary/aromatic N) is 2. The Morgan fingerprint density at radius 3 is 2.87 bits per heavy atom. The number of aromatic nitrogens is 3. The number of hydrogen-bond donors (Lipinski definition) is 5. The van der Waals surface area contributed by atoms with E-state index in [9.17, 15) is 24.9 Å². The standard InChI is InChI=1S/C13H16N4O6/c1-13(22)8(19)6(3-18)23-12(13)17-2-5(9(14)20)7-10(17)15-4-16-11(7)21/h2,4,6,8,12,18-19,22H,3H2,1H3,(H2,14,20)(H,15,16,21)/t6-,8-,12-,13-/m1/s1. The molecule has 10 nitrogen and oxygen atoms in total.